The molecule has 172 valence electrons. The molecule has 1 aromatic rings. The number of hydrogen-bond donors (Lipinski definition) is 1. The molecule has 0 amide bonds. The van der Waals surface area contributed by atoms with Crippen molar-refractivity contribution in [3.05, 3.63) is 29.3 Å². The normalized spacial score (nSPS) is 30.3. The van der Waals surface area contributed by atoms with Gasteiger partial charge in [0.15, 0.2) is 11.5 Å². The Hall–Kier alpha value is -2.21. The molecule has 0 aromatic heterocycles. The molecule has 1 aromatic carbocycles. The Balaban J connectivity index is 1.97. The number of carbonyl (C=O) groups excluding carboxylic acids is 1. The Kier molecular flexibility index (Phi) is 6.61. The van der Waals surface area contributed by atoms with Gasteiger partial charge in [-0.2, -0.15) is 0 Å². The summed E-state index contributed by atoms with van der Waals surface area (Å²) in [5.74, 6) is 0.691. The van der Waals surface area contributed by atoms with E-state index in [1.165, 1.54) is 26.9 Å². The monoisotopic (exact) mass is 432 g/mol. The zero-order valence-electron chi connectivity index (χ0n) is 19.8. The van der Waals surface area contributed by atoms with E-state index < -0.39 is 17.7 Å². The molecule has 1 N–H and O–H groups in total. The number of rotatable bonds is 6. The van der Waals surface area contributed by atoms with Gasteiger partial charge in [0.2, 0.25) is 5.75 Å². The number of carbonyl (C=O) groups is 1. The average Bonchev–Trinajstić information content (AvgIpc) is 2.95. The second kappa shape index (κ2) is 8.73. The predicted octanol–water partition coefficient (Wildman–Crippen LogP) is 4.78. The molecule has 0 saturated heterocycles. The van der Waals surface area contributed by atoms with Crippen LogP contribution in [0.2, 0.25) is 0 Å². The van der Waals surface area contributed by atoms with E-state index in [9.17, 15) is 9.90 Å². The number of fused-ring (bicyclic) bond motifs is 1. The summed E-state index contributed by atoms with van der Waals surface area (Å²) >= 11 is 0. The minimum Gasteiger partial charge on any atom is -0.493 e. The van der Waals surface area contributed by atoms with Crippen LogP contribution in [0.3, 0.4) is 0 Å². The second-order valence-electron chi connectivity index (χ2n) is 9.59. The molecule has 0 radical (unpaired) electrons. The van der Waals surface area contributed by atoms with Crippen LogP contribution in [0.5, 0.6) is 17.2 Å². The van der Waals surface area contributed by atoms with E-state index in [4.69, 9.17) is 18.9 Å². The highest BCUT2D eigenvalue weighted by Crippen LogP contribution is 2.58. The lowest BCUT2D eigenvalue weighted by molar-refractivity contribution is -0.112. The smallest absolute Gasteiger partial charge is 0.338 e. The van der Waals surface area contributed by atoms with Crippen LogP contribution in [0, 0.1) is 17.3 Å². The van der Waals surface area contributed by atoms with Gasteiger partial charge in [-0.05, 0) is 49.7 Å². The van der Waals surface area contributed by atoms with Crippen LogP contribution in [0.4, 0.5) is 0 Å². The topological polar surface area (TPSA) is 74.2 Å². The van der Waals surface area contributed by atoms with Crippen LogP contribution in [0.1, 0.15) is 63.7 Å². The zero-order chi connectivity index (χ0) is 23.0. The maximum atomic E-state index is 13.3. The van der Waals surface area contributed by atoms with Gasteiger partial charge >= 0.3 is 5.97 Å². The minimum atomic E-state index is -0.868. The maximum Gasteiger partial charge on any atom is 0.338 e. The number of esters is 1. The molecule has 0 bridgehead atoms. The number of allylic oxidation sites excluding steroid dienone is 1. The summed E-state index contributed by atoms with van der Waals surface area (Å²) in [5, 5.41) is 11.7. The average molecular weight is 433 g/mol. The Morgan fingerprint density at radius 2 is 1.71 bits per heavy atom. The molecular formula is C25H36O6. The summed E-state index contributed by atoms with van der Waals surface area (Å²) in [5.41, 5.74) is 0.530. The van der Waals surface area contributed by atoms with Gasteiger partial charge in [-0.1, -0.05) is 32.4 Å². The molecule has 1 fully saturated rings. The molecule has 4 atom stereocenters. The SMILES string of the molecule is COc1cc(C(=O)O[C@@H]2CC(C)=CC[C@]3(C)CC[C@](O)(C(C)C)C23)cc(OC)c1OC. The Morgan fingerprint density at radius 1 is 1.10 bits per heavy atom. The lowest BCUT2D eigenvalue weighted by atomic mass is 9.67. The standard InChI is InChI=1S/C25H36O6/c1-15(2)25(27)11-10-24(4)9-8-16(3)12-20(22(24)25)31-23(26)17-13-18(28-5)21(30-7)19(14-17)29-6/h8,13-15,20,22,27H,9-12H2,1-7H3/t20-,22?,24-,25+/m1/s1. The number of ether oxygens (including phenoxy) is 4. The van der Waals surface area contributed by atoms with Crippen LogP contribution in [0.15, 0.2) is 23.8 Å². The van der Waals surface area contributed by atoms with Crippen LogP contribution in [0.25, 0.3) is 0 Å². The fourth-order valence-corrected chi connectivity index (χ4v) is 5.49. The highest BCUT2D eigenvalue weighted by Gasteiger charge is 2.59. The molecule has 0 spiro atoms. The summed E-state index contributed by atoms with van der Waals surface area (Å²) in [4.78, 5) is 13.3. The third kappa shape index (κ3) is 4.14. The van der Waals surface area contributed by atoms with E-state index >= 15 is 0 Å². The van der Waals surface area contributed by atoms with Crippen LogP contribution in [-0.2, 0) is 4.74 Å². The molecule has 2 aliphatic rings. The van der Waals surface area contributed by atoms with Crippen LogP contribution < -0.4 is 14.2 Å². The lowest BCUT2D eigenvalue weighted by Gasteiger charge is -2.43. The van der Waals surface area contributed by atoms with Gasteiger partial charge in [-0.25, -0.2) is 4.79 Å². The summed E-state index contributed by atoms with van der Waals surface area (Å²) in [6.07, 6.45) is 4.96. The number of hydrogen-bond acceptors (Lipinski definition) is 6. The maximum absolute atomic E-state index is 13.3. The first-order chi connectivity index (χ1) is 14.6. The molecule has 1 saturated carbocycles. The molecule has 0 aliphatic heterocycles. The molecule has 1 unspecified atom stereocenters. The van der Waals surface area contributed by atoms with Crippen LogP contribution in [-0.4, -0.2) is 44.1 Å². The van der Waals surface area contributed by atoms with Crippen molar-refractivity contribution in [1.82, 2.24) is 0 Å². The van der Waals surface area contributed by atoms with E-state index in [2.05, 4.69) is 33.8 Å². The van der Waals surface area contributed by atoms with Gasteiger partial charge < -0.3 is 24.1 Å². The quantitative estimate of drug-likeness (QED) is 0.515. The van der Waals surface area contributed by atoms with Crippen LogP contribution >= 0.6 is 0 Å². The first-order valence-electron chi connectivity index (χ1n) is 11.0. The van der Waals surface area contributed by atoms with Gasteiger partial charge in [-0.3, -0.25) is 0 Å². The third-order valence-electron chi connectivity index (χ3n) is 7.36. The predicted molar refractivity (Wildman–Crippen MR) is 119 cm³/mol. The van der Waals surface area contributed by atoms with Gasteiger partial charge in [0, 0.05) is 12.3 Å². The molecule has 0 heterocycles. The first kappa shape index (κ1) is 23.5. The van der Waals surface area contributed by atoms with Gasteiger partial charge in [0.05, 0.1) is 32.5 Å². The molecule has 6 heteroatoms. The van der Waals surface area contributed by atoms with Gasteiger partial charge in [0.25, 0.3) is 0 Å². The number of aliphatic hydroxyl groups is 1. The summed E-state index contributed by atoms with van der Waals surface area (Å²) in [6, 6.07) is 3.21. The van der Waals surface area contributed by atoms with E-state index in [1.54, 1.807) is 12.1 Å². The van der Waals surface area contributed by atoms with Gasteiger partial charge in [-0.15, -0.1) is 0 Å². The molecule has 6 nitrogen and oxygen atoms in total. The van der Waals surface area contributed by atoms with E-state index in [0.717, 1.165) is 19.3 Å². The Labute approximate surface area is 185 Å². The van der Waals surface area contributed by atoms with Crippen molar-refractivity contribution in [2.75, 3.05) is 21.3 Å². The fourth-order valence-electron chi connectivity index (χ4n) is 5.49. The highest BCUT2D eigenvalue weighted by atomic mass is 16.5. The number of methoxy groups -OCH3 is 3. The second-order valence-corrected chi connectivity index (χ2v) is 9.59. The largest absolute Gasteiger partial charge is 0.493 e. The molecule has 31 heavy (non-hydrogen) atoms. The van der Waals surface area contributed by atoms with E-state index in [-0.39, 0.29) is 17.3 Å². The first-order valence-corrected chi connectivity index (χ1v) is 11.0. The van der Waals surface area contributed by atoms with Crippen molar-refractivity contribution in [2.24, 2.45) is 17.3 Å². The third-order valence-corrected chi connectivity index (χ3v) is 7.36. The lowest BCUT2D eigenvalue weighted by Crippen LogP contribution is -2.50. The zero-order valence-corrected chi connectivity index (χ0v) is 19.8. The van der Waals surface area contributed by atoms with Crippen molar-refractivity contribution in [3.8, 4) is 17.2 Å². The highest BCUT2D eigenvalue weighted by molar-refractivity contribution is 5.91. The fraction of sp³-hybridized carbons (Fsp3) is 0.640. The van der Waals surface area contributed by atoms with Crippen molar-refractivity contribution in [1.29, 1.82) is 0 Å². The Morgan fingerprint density at radius 3 is 2.23 bits per heavy atom. The van der Waals surface area contributed by atoms with Crippen molar-refractivity contribution in [3.63, 3.8) is 0 Å². The van der Waals surface area contributed by atoms with Crippen molar-refractivity contribution < 1.29 is 28.8 Å². The minimum absolute atomic E-state index is 0.0695. The summed E-state index contributed by atoms with van der Waals surface area (Å²) in [6.45, 7) is 8.39. The van der Waals surface area contributed by atoms with Crippen molar-refractivity contribution in [2.45, 2.75) is 65.1 Å². The Bertz CT molecular complexity index is 835. The molecule has 2 aliphatic carbocycles. The van der Waals surface area contributed by atoms with E-state index in [0.29, 0.717) is 29.2 Å². The van der Waals surface area contributed by atoms with Crippen molar-refractivity contribution >= 4 is 5.97 Å². The molecule has 3 rings (SSSR count). The summed E-state index contributed by atoms with van der Waals surface area (Å²) < 4.78 is 22.3. The van der Waals surface area contributed by atoms with E-state index in [1.807, 2.05) is 0 Å². The summed E-state index contributed by atoms with van der Waals surface area (Å²) in [7, 11) is 4.55. The molecular weight excluding hydrogens is 396 g/mol. The van der Waals surface area contributed by atoms with Gasteiger partial charge in [0.1, 0.15) is 6.10 Å². The number of benzene rings is 1.